The van der Waals surface area contributed by atoms with Gasteiger partial charge in [-0.05, 0) is 31.2 Å². The number of halogens is 1. The minimum absolute atomic E-state index is 0.0944. The van der Waals surface area contributed by atoms with E-state index in [1.165, 1.54) is 25.1 Å². The van der Waals surface area contributed by atoms with Crippen LogP contribution in [0.2, 0.25) is 5.02 Å². The number of para-hydroxylation sites is 1. The third-order valence-corrected chi connectivity index (χ3v) is 3.44. The standard InChI is InChI=1S/C16H13ClN2O5/c1-10-8-11(6-7-14(10)19(22)23)16(21)24-9-15(20)18-13-5-3-2-4-12(13)17/h2-8H,9H2,1H3,(H,18,20). The molecule has 0 aromatic heterocycles. The minimum atomic E-state index is -0.748. The number of anilines is 1. The van der Waals surface area contributed by atoms with Crippen molar-refractivity contribution in [3.8, 4) is 0 Å². The molecule has 0 heterocycles. The minimum Gasteiger partial charge on any atom is -0.452 e. The van der Waals surface area contributed by atoms with Crippen LogP contribution in [0.1, 0.15) is 15.9 Å². The number of esters is 1. The monoisotopic (exact) mass is 348 g/mol. The first-order chi connectivity index (χ1) is 11.4. The van der Waals surface area contributed by atoms with Crippen molar-refractivity contribution in [2.75, 3.05) is 11.9 Å². The Hall–Kier alpha value is -2.93. The molecule has 2 aromatic carbocycles. The number of nitro groups is 1. The molecule has 0 saturated carbocycles. The molecule has 0 radical (unpaired) electrons. The Kier molecular flexibility index (Phi) is 5.49. The summed E-state index contributed by atoms with van der Waals surface area (Å²) in [7, 11) is 0. The molecule has 1 amide bonds. The number of amides is 1. The van der Waals surface area contributed by atoms with Crippen molar-refractivity contribution in [1.29, 1.82) is 0 Å². The number of hydrogen-bond acceptors (Lipinski definition) is 5. The molecule has 0 spiro atoms. The first kappa shape index (κ1) is 17.4. The molecular weight excluding hydrogens is 336 g/mol. The van der Waals surface area contributed by atoms with Gasteiger partial charge in [0, 0.05) is 11.6 Å². The number of nitro benzene ring substituents is 1. The van der Waals surface area contributed by atoms with Gasteiger partial charge in [-0.3, -0.25) is 14.9 Å². The van der Waals surface area contributed by atoms with E-state index < -0.39 is 23.4 Å². The van der Waals surface area contributed by atoms with E-state index in [-0.39, 0.29) is 11.3 Å². The number of aryl methyl sites for hydroxylation is 1. The predicted molar refractivity (Wildman–Crippen MR) is 88.2 cm³/mol. The lowest BCUT2D eigenvalue weighted by Crippen LogP contribution is -2.21. The average molecular weight is 349 g/mol. The van der Waals surface area contributed by atoms with E-state index >= 15 is 0 Å². The molecule has 7 nitrogen and oxygen atoms in total. The summed E-state index contributed by atoms with van der Waals surface area (Å²) in [5.74, 6) is -1.29. The first-order valence-corrected chi connectivity index (χ1v) is 7.23. The smallest absolute Gasteiger partial charge is 0.338 e. The van der Waals surface area contributed by atoms with Crippen LogP contribution >= 0.6 is 11.6 Å². The lowest BCUT2D eigenvalue weighted by Gasteiger charge is -2.08. The maximum Gasteiger partial charge on any atom is 0.338 e. The lowest BCUT2D eigenvalue weighted by molar-refractivity contribution is -0.385. The van der Waals surface area contributed by atoms with Gasteiger partial charge in [-0.25, -0.2) is 4.79 Å². The third kappa shape index (κ3) is 4.30. The fraction of sp³-hybridized carbons (Fsp3) is 0.125. The van der Waals surface area contributed by atoms with Crippen LogP contribution in [-0.4, -0.2) is 23.4 Å². The normalized spacial score (nSPS) is 10.1. The highest BCUT2D eigenvalue weighted by Crippen LogP contribution is 2.21. The molecule has 0 bridgehead atoms. The maximum atomic E-state index is 11.9. The fourth-order valence-electron chi connectivity index (χ4n) is 1.95. The number of nitrogens with zero attached hydrogens (tertiary/aromatic N) is 1. The van der Waals surface area contributed by atoms with Gasteiger partial charge >= 0.3 is 5.97 Å². The highest BCUT2D eigenvalue weighted by atomic mass is 35.5. The summed E-state index contributed by atoms with van der Waals surface area (Å²) >= 11 is 5.91. The molecular formula is C16H13ClN2O5. The predicted octanol–water partition coefficient (Wildman–Crippen LogP) is 3.35. The maximum absolute atomic E-state index is 11.9. The molecule has 0 aliphatic rings. The van der Waals surface area contributed by atoms with Gasteiger partial charge in [0.05, 0.1) is 21.2 Å². The van der Waals surface area contributed by atoms with Gasteiger partial charge in [0.25, 0.3) is 11.6 Å². The number of hydrogen-bond donors (Lipinski definition) is 1. The Bertz CT molecular complexity index is 807. The summed E-state index contributed by atoms with van der Waals surface area (Å²) in [5.41, 5.74) is 0.771. The van der Waals surface area contributed by atoms with Gasteiger partial charge in [0.15, 0.2) is 6.61 Å². The van der Waals surface area contributed by atoms with Crippen molar-refractivity contribution in [1.82, 2.24) is 0 Å². The summed E-state index contributed by atoms with van der Waals surface area (Å²) in [6.07, 6.45) is 0. The molecule has 0 fully saturated rings. The van der Waals surface area contributed by atoms with Gasteiger partial charge in [-0.2, -0.15) is 0 Å². The van der Waals surface area contributed by atoms with E-state index in [9.17, 15) is 19.7 Å². The molecule has 0 aliphatic carbocycles. The Morgan fingerprint density at radius 2 is 1.96 bits per heavy atom. The Labute approximate surface area is 142 Å². The highest BCUT2D eigenvalue weighted by molar-refractivity contribution is 6.33. The summed E-state index contributed by atoms with van der Waals surface area (Å²) in [6.45, 7) is 1.01. The number of carbonyl (C=O) groups is 2. The van der Waals surface area contributed by atoms with Crippen LogP contribution < -0.4 is 5.32 Å². The topological polar surface area (TPSA) is 98.5 Å². The molecule has 2 aromatic rings. The molecule has 1 N–H and O–H groups in total. The van der Waals surface area contributed by atoms with Gasteiger partial charge in [-0.1, -0.05) is 23.7 Å². The second-order valence-electron chi connectivity index (χ2n) is 4.86. The second-order valence-corrected chi connectivity index (χ2v) is 5.27. The van der Waals surface area contributed by atoms with E-state index in [0.717, 1.165) is 0 Å². The van der Waals surface area contributed by atoms with Crippen molar-refractivity contribution in [3.05, 3.63) is 68.7 Å². The van der Waals surface area contributed by atoms with Crippen molar-refractivity contribution < 1.29 is 19.2 Å². The number of carbonyl (C=O) groups excluding carboxylic acids is 2. The molecule has 124 valence electrons. The van der Waals surface area contributed by atoms with E-state index in [1.807, 2.05) is 0 Å². The van der Waals surface area contributed by atoms with E-state index in [0.29, 0.717) is 16.3 Å². The van der Waals surface area contributed by atoms with Crippen LogP contribution in [0.5, 0.6) is 0 Å². The molecule has 8 heteroatoms. The molecule has 24 heavy (non-hydrogen) atoms. The van der Waals surface area contributed by atoms with E-state index in [2.05, 4.69) is 5.32 Å². The van der Waals surface area contributed by atoms with Crippen LogP contribution in [0.25, 0.3) is 0 Å². The van der Waals surface area contributed by atoms with Gasteiger partial charge in [-0.15, -0.1) is 0 Å². The fourth-order valence-corrected chi connectivity index (χ4v) is 2.13. The third-order valence-electron chi connectivity index (χ3n) is 3.11. The lowest BCUT2D eigenvalue weighted by atomic mass is 10.1. The van der Waals surface area contributed by atoms with Crippen LogP contribution in [0.4, 0.5) is 11.4 Å². The zero-order valence-corrected chi connectivity index (χ0v) is 13.4. The second kappa shape index (κ2) is 7.56. The molecule has 2 rings (SSSR count). The van der Waals surface area contributed by atoms with Crippen molar-refractivity contribution in [3.63, 3.8) is 0 Å². The number of ether oxygens (including phenoxy) is 1. The van der Waals surface area contributed by atoms with Gasteiger partial charge < -0.3 is 10.1 Å². The Balaban J connectivity index is 1.95. The van der Waals surface area contributed by atoms with Crippen molar-refractivity contribution in [2.45, 2.75) is 6.92 Å². The highest BCUT2D eigenvalue weighted by Gasteiger charge is 2.16. The van der Waals surface area contributed by atoms with E-state index in [1.54, 1.807) is 24.3 Å². The Morgan fingerprint density at radius 3 is 2.58 bits per heavy atom. The van der Waals surface area contributed by atoms with E-state index in [4.69, 9.17) is 16.3 Å². The summed E-state index contributed by atoms with van der Waals surface area (Å²) < 4.78 is 4.89. The van der Waals surface area contributed by atoms with Crippen LogP contribution in [0, 0.1) is 17.0 Å². The summed E-state index contributed by atoms with van der Waals surface area (Å²) in [5, 5.41) is 13.6. The number of nitrogens with one attached hydrogen (secondary N) is 1. The largest absolute Gasteiger partial charge is 0.452 e. The van der Waals surface area contributed by atoms with Crippen LogP contribution in [0.15, 0.2) is 42.5 Å². The summed E-state index contributed by atoms with van der Waals surface area (Å²) in [4.78, 5) is 33.9. The van der Waals surface area contributed by atoms with Gasteiger partial charge in [0.2, 0.25) is 0 Å². The molecule has 0 saturated heterocycles. The van der Waals surface area contributed by atoms with Crippen molar-refractivity contribution >= 4 is 34.9 Å². The first-order valence-electron chi connectivity index (χ1n) is 6.85. The Morgan fingerprint density at radius 1 is 1.25 bits per heavy atom. The molecule has 0 atom stereocenters. The van der Waals surface area contributed by atoms with Crippen molar-refractivity contribution in [2.24, 2.45) is 0 Å². The quantitative estimate of drug-likeness (QED) is 0.507. The van der Waals surface area contributed by atoms with Crippen LogP contribution in [-0.2, 0) is 9.53 Å². The van der Waals surface area contributed by atoms with Gasteiger partial charge in [0.1, 0.15) is 0 Å². The average Bonchev–Trinajstić information content (AvgIpc) is 2.54. The molecule has 0 unspecified atom stereocenters. The number of rotatable bonds is 5. The zero-order chi connectivity index (χ0) is 17.7. The summed E-state index contributed by atoms with van der Waals surface area (Å²) in [6, 6.07) is 10.5. The molecule has 0 aliphatic heterocycles. The SMILES string of the molecule is Cc1cc(C(=O)OCC(=O)Nc2ccccc2Cl)ccc1[N+](=O)[O-]. The number of benzene rings is 2. The van der Waals surface area contributed by atoms with Crippen LogP contribution in [0.3, 0.4) is 0 Å². The zero-order valence-electron chi connectivity index (χ0n) is 12.6.